The third kappa shape index (κ3) is 2.60. The predicted molar refractivity (Wildman–Crippen MR) is 32.2 cm³/mol. The van der Waals surface area contributed by atoms with Gasteiger partial charge in [-0.05, 0) is 0 Å². The molecule has 0 aliphatic carbocycles. The SMILES string of the molecule is C=CC(Cl)C(=O)[S-]. The van der Waals surface area contributed by atoms with Gasteiger partial charge < -0.3 is 17.4 Å². The summed E-state index contributed by atoms with van der Waals surface area (Å²) in [6, 6.07) is 0. The fourth-order valence-corrected chi connectivity index (χ4v) is 0.192. The van der Waals surface area contributed by atoms with Crippen LogP contribution < -0.4 is 0 Å². The Morgan fingerprint density at radius 3 is 2.43 bits per heavy atom. The maximum atomic E-state index is 9.99. The van der Waals surface area contributed by atoms with Crippen molar-refractivity contribution in [3.8, 4) is 0 Å². The van der Waals surface area contributed by atoms with Crippen molar-refractivity contribution in [2.24, 2.45) is 0 Å². The Bertz CT molecular complexity index is 91.7. The van der Waals surface area contributed by atoms with Crippen LogP contribution in [0, 0.1) is 0 Å². The third-order valence-corrected chi connectivity index (χ3v) is 1.19. The third-order valence-electron chi connectivity index (χ3n) is 0.432. The van der Waals surface area contributed by atoms with Gasteiger partial charge in [-0.2, -0.15) is 0 Å². The maximum Gasteiger partial charge on any atom is 0.0880 e. The van der Waals surface area contributed by atoms with E-state index >= 15 is 0 Å². The van der Waals surface area contributed by atoms with Crippen LogP contribution in [0.4, 0.5) is 0 Å². The van der Waals surface area contributed by atoms with Crippen LogP contribution in [0.15, 0.2) is 12.7 Å². The quantitative estimate of drug-likeness (QED) is 0.317. The number of allylic oxidation sites excluding steroid dienone is 1. The van der Waals surface area contributed by atoms with Crippen molar-refractivity contribution in [1.82, 2.24) is 0 Å². The molecule has 0 aliphatic heterocycles. The molecule has 7 heavy (non-hydrogen) atoms. The highest BCUT2D eigenvalue weighted by Crippen LogP contribution is 1.94. The molecule has 0 saturated carbocycles. The first-order chi connectivity index (χ1) is 3.18. The molecule has 0 aliphatic rings. The number of carbonyl (C=O) groups excluding carboxylic acids is 1. The first kappa shape index (κ1) is 6.92. The molecule has 0 aromatic carbocycles. The summed E-state index contributed by atoms with van der Waals surface area (Å²) in [7, 11) is 0. The van der Waals surface area contributed by atoms with Gasteiger partial charge in [0.15, 0.2) is 0 Å². The molecular weight excluding hydrogens is 132 g/mol. The molecule has 3 heteroatoms. The largest absolute Gasteiger partial charge is 0.740 e. The molecule has 40 valence electrons. The molecule has 0 N–H and O–H groups in total. The van der Waals surface area contributed by atoms with E-state index in [0.29, 0.717) is 0 Å². The molecule has 0 rings (SSSR count). The molecule has 1 nitrogen and oxygen atoms in total. The summed E-state index contributed by atoms with van der Waals surface area (Å²) >= 11 is 9.39. The van der Waals surface area contributed by atoms with Crippen molar-refractivity contribution in [1.29, 1.82) is 0 Å². The first-order valence-corrected chi connectivity index (χ1v) is 2.50. The minimum atomic E-state index is -0.685. The van der Waals surface area contributed by atoms with Crippen LogP contribution in [0.1, 0.15) is 0 Å². The fraction of sp³-hybridized carbons (Fsp3) is 0.250. The van der Waals surface area contributed by atoms with Crippen molar-refractivity contribution < 1.29 is 4.79 Å². The van der Waals surface area contributed by atoms with E-state index in [0.717, 1.165) is 0 Å². The second-order valence-corrected chi connectivity index (χ2v) is 1.83. The predicted octanol–water partition coefficient (Wildman–Crippen LogP) is 0.853. The van der Waals surface area contributed by atoms with Gasteiger partial charge in [-0.3, -0.25) is 0 Å². The average molecular weight is 136 g/mol. The Balaban J connectivity index is 3.55. The number of hydrogen-bond acceptors (Lipinski definition) is 2. The van der Waals surface area contributed by atoms with Gasteiger partial charge in [0, 0.05) is 5.12 Å². The lowest BCUT2D eigenvalue weighted by Gasteiger charge is -2.03. The molecule has 0 aromatic heterocycles. The summed E-state index contributed by atoms with van der Waals surface area (Å²) in [6.45, 7) is 3.26. The Morgan fingerprint density at radius 2 is 2.43 bits per heavy atom. The van der Waals surface area contributed by atoms with Gasteiger partial charge in [0.25, 0.3) is 0 Å². The minimum absolute atomic E-state index is 0.475. The highest BCUT2D eigenvalue weighted by molar-refractivity contribution is 7.77. The second kappa shape index (κ2) is 2.99. The summed E-state index contributed by atoms with van der Waals surface area (Å²) in [6.07, 6.45) is 1.30. The number of carbonyl (C=O) groups is 1. The smallest absolute Gasteiger partial charge is 0.0880 e. The number of halogens is 1. The van der Waals surface area contributed by atoms with E-state index in [1.807, 2.05) is 0 Å². The van der Waals surface area contributed by atoms with Gasteiger partial charge in [0.05, 0.1) is 5.38 Å². The maximum absolute atomic E-state index is 9.99. The normalized spacial score (nSPS) is 12.7. The van der Waals surface area contributed by atoms with Crippen LogP contribution >= 0.6 is 11.6 Å². The Morgan fingerprint density at radius 1 is 2.00 bits per heavy atom. The molecule has 1 atom stereocenters. The molecule has 0 heterocycles. The number of rotatable bonds is 2. The zero-order chi connectivity index (χ0) is 5.86. The van der Waals surface area contributed by atoms with Crippen LogP contribution in [0.3, 0.4) is 0 Å². The van der Waals surface area contributed by atoms with Gasteiger partial charge >= 0.3 is 0 Å². The zero-order valence-corrected chi connectivity index (χ0v) is 5.13. The van der Waals surface area contributed by atoms with Crippen molar-refractivity contribution in [3.63, 3.8) is 0 Å². The second-order valence-electron chi connectivity index (χ2n) is 0.957. The monoisotopic (exact) mass is 135 g/mol. The lowest BCUT2D eigenvalue weighted by Crippen LogP contribution is -2.05. The van der Waals surface area contributed by atoms with Gasteiger partial charge in [-0.25, -0.2) is 0 Å². The summed E-state index contributed by atoms with van der Waals surface area (Å²) in [5, 5.41) is -1.16. The minimum Gasteiger partial charge on any atom is -0.740 e. The molecule has 0 amide bonds. The van der Waals surface area contributed by atoms with Gasteiger partial charge in [0.2, 0.25) is 0 Å². The number of alkyl halides is 1. The van der Waals surface area contributed by atoms with Crippen LogP contribution in [0.25, 0.3) is 0 Å². The van der Waals surface area contributed by atoms with Crippen molar-refractivity contribution in [2.75, 3.05) is 0 Å². The Kier molecular flexibility index (Phi) is 2.96. The van der Waals surface area contributed by atoms with Crippen LogP contribution in [-0.2, 0) is 17.4 Å². The van der Waals surface area contributed by atoms with Crippen LogP contribution in [-0.4, -0.2) is 10.5 Å². The molecule has 1 unspecified atom stereocenters. The van der Waals surface area contributed by atoms with E-state index in [1.54, 1.807) is 0 Å². The summed E-state index contributed by atoms with van der Waals surface area (Å²) < 4.78 is 0. The van der Waals surface area contributed by atoms with Gasteiger partial charge in [-0.1, -0.05) is 6.08 Å². The fourth-order valence-electron chi connectivity index (χ4n) is 0.0962. The summed E-state index contributed by atoms with van der Waals surface area (Å²) in [4.78, 5) is 9.99. The first-order valence-electron chi connectivity index (χ1n) is 1.66. The summed E-state index contributed by atoms with van der Waals surface area (Å²) in [5.74, 6) is 0. The van der Waals surface area contributed by atoms with E-state index < -0.39 is 10.5 Å². The molecule has 0 fully saturated rings. The van der Waals surface area contributed by atoms with E-state index in [9.17, 15) is 4.79 Å². The highest BCUT2D eigenvalue weighted by Gasteiger charge is 1.93. The van der Waals surface area contributed by atoms with Crippen LogP contribution in [0.5, 0.6) is 0 Å². The van der Waals surface area contributed by atoms with Crippen molar-refractivity contribution in [2.45, 2.75) is 5.38 Å². The molecule has 0 bridgehead atoms. The highest BCUT2D eigenvalue weighted by atomic mass is 35.5. The topological polar surface area (TPSA) is 17.1 Å². The lowest BCUT2D eigenvalue weighted by molar-refractivity contribution is -0.109. The summed E-state index contributed by atoms with van der Waals surface area (Å²) in [5.41, 5.74) is 0. The molecule has 0 spiro atoms. The van der Waals surface area contributed by atoms with Gasteiger partial charge in [-0.15, -0.1) is 18.2 Å². The Hall–Kier alpha value is -0.0800. The van der Waals surface area contributed by atoms with Crippen molar-refractivity contribution >= 4 is 29.3 Å². The zero-order valence-electron chi connectivity index (χ0n) is 3.56. The van der Waals surface area contributed by atoms with E-state index in [4.69, 9.17) is 11.6 Å². The molecule has 0 radical (unpaired) electrons. The van der Waals surface area contributed by atoms with Gasteiger partial charge in [0.1, 0.15) is 0 Å². The molecular formula is C4H4ClOS-. The standard InChI is InChI=1S/C4H5ClOS/c1-2-3(5)4(6)7/h2-3H,1H2,(H,6,7)/p-1. The number of hydrogen-bond donors (Lipinski definition) is 0. The molecule has 0 aromatic rings. The van der Waals surface area contributed by atoms with E-state index in [2.05, 4.69) is 19.2 Å². The van der Waals surface area contributed by atoms with E-state index in [1.165, 1.54) is 6.08 Å². The molecule has 0 saturated heterocycles. The lowest BCUT2D eigenvalue weighted by atomic mass is 10.5. The van der Waals surface area contributed by atoms with Crippen molar-refractivity contribution in [3.05, 3.63) is 12.7 Å². The van der Waals surface area contributed by atoms with Crippen LogP contribution in [0.2, 0.25) is 0 Å². The Labute approximate surface area is 52.8 Å². The van der Waals surface area contributed by atoms with E-state index in [-0.39, 0.29) is 0 Å². The average Bonchev–Trinajstić information content (AvgIpc) is 1.65.